The van der Waals surface area contributed by atoms with Crippen molar-refractivity contribution in [3.8, 4) is 0 Å². The van der Waals surface area contributed by atoms with Crippen molar-refractivity contribution in [1.82, 2.24) is 15.3 Å². The lowest BCUT2D eigenvalue weighted by Gasteiger charge is -2.04. The van der Waals surface area contributed by atoms with E-state index in [1.807, 2.05) is 13.8 Å². The number of nitrogens with one attached hydrogen (secondary N) is 1. The summed E-state index contributed by atoms with van der Waals surface area (Å²) in [6.45, 7) is 4.43. The fourth-order valence-corrected chi connectivity index (χ4v) is 2.56. The minimum atomic E-state index is -0.0530. The number of carbonyl (C=O) groups excluding carboxylic acids is 1. The number of aryl methyl sites for hydroxylation is 2. The van der Waals surface area contributed by atoms with E-state index in [9.17, 15) is 4.79 Å². The third-order valence-electron chi connectivity index (χ3n) is 2.64. The van der Waals surface area contributed by atoms with Gasteiger partial charge in [0.25, 0.3) is 0 Å². The molecule has 2 aromatic heterocycles. The van der Waals surface area contributed by atoms with Gasteiger partial charge >= 0.3 is 0 Å². The molecule has 0 saturated carbocycles. The second-order valence-corrected chi connectivity index (χ2v) is 5.57. The van der Waals surface area contributed by atoms with E-state index in [0.717, 1.165) is 15.6 Å². The average Bonchev–Trinajstić information content (AvgIpc) is 2.68. The Morgan fingerprint density at radius 2 is 2.05 bits per heavy atom. The molecular formula is C13H18Cl2N4OS. The van der Waals surface area contributed by atoms with Crippen molar-refractivity contribution in [3.63, 3.8) is 0 Å². The number of thiazole rings is 1. The van der Waals surface area contributed by atoms with Crippen molar-refractivity contribution in [1.29, 1.82) is 0 Å². The van der Waals surface area contributed by atoms with Gasteiger partial charge in [-0.15, -0.1) is 36.2 Å². The molecule has 0 radical (unpaired) electrons. The molecule has 5 nitrogen and oxygen atoms in total. The molecule has 21 heavy (non-hydrogen) atoms. The topological polar surface area (TPSA) is 80.9 Å². The Bertz CT molecular complexity index is 586. The molecule has 1 amide bonds. The summed E-state index contributed by atoms with van der Waals surface area (Å²) in [5.74, 6) is -0.0530. The van der Waals surface area contributed by atoms with E-state index in [1.165, 1.54) is 0 Å². The number of pyridine rings is 1. The van der Waals surface area contributed by atoms with E-state index in [-0.39, 0.29) is 37.1 Å². The molecular weight excluding hydrogens is 331 g/mol. The van der Waals surface area contributed by atoms with Gasteiger partial charge in [-0.3, -0.25) is 9.78 Å². The molecule has 2 aromatic rings. The number of nitrogen functional groups attached to an aromatic ring is 1. The van der Waals surface area contributed by atoms with Gasteiger partial charge in [-0.1, -0.05) is 0 Å². The first-order chi connectivity index (χ1) is 9.04. The van der Waals surface area contributed by atoms with Crippen molar-refractivity contribution in [2.75, 3.05) is 5.73 Å². The standard InChI is InChI=1S/C13H16N4OS.2ClH/c1-8-12(19-9(2)17-8)7-16-13(18)5-11-4-3-10(14)6-15-11;;/h3-4,6H,5,7,14H2,1-2H3,(H,16,18);2*1H. The molecule has 0 aliphatic heterocycles. The molecule has 0 atom stereocenters. The number of amides is 1. The molecule has 2 rings (SSSR count). The zero-order valence-corrected chi connectivity index (χ0v) is 14.2. The predicted molar refractivity (Wildman–Crippen MR) is 90.3 cm³/mol. The fraction of sp³-hybridized carbons (Fsp3) is 0.308. The van der Waals surface area contributed by atoms with Crippen molar-refractivity contribution in [2.45, 2.75) is 26.8 Å². The van der Waals surface area contributed by atoms with Crippen molar-refractivity contribution in [3.05, 3.63) is 39.6 Å². The Kier molecular flexibility index (Phi) is 8.24. The molecule has 0 saturated heterocycles. The Balaban J connectivity index is 0.00000200. The van der Waals surface area contributed by atoms with E-state index in [2.05, 4.69) is 15.3 Å². The number of halogens is 2. The first-order valence-electron chi connectivity index (χ1n) is 5.94. The summed E-state index contributed by atoms with van der Waals surface area (Å²) < 4.78 is 0. The highest BCUT2D eigenvalue weighted by Gasteiger charge is 2.08. The van der Waals surface area contributed by atoms with Crippen LogP contribution in [-0.2, 0) is 17.8 Å². The van der Waals surface area contributed by atoms with Crippen LogP contribution in [0.1, 0.15) is 21.3 Å². The van der Waals surface area contributed by atoms with Gasteiger partial charge in [-0.25, -0.2) is 4.98 Å². The third kappa shape index (κ3) is 5.87. The molecule has 0 unspecified atom stereocenters. The van der Waals surface area contributed by atoms with E-state index < -0.39 is 0 Å². The molecule has 0 aliphatic rings. The maximum atomic E-state index is 11.8. The van der Waals surface area contributed by atoms with Crippen molar-refractivity contribution in [2.24, 2.45) is 0 Å². The van der Waals surface area contributed by atoms with E-state index in [4.69, 9.17) is 5.73 Å². The van der Waals surface area contributed by atoms with E-state index in [0.29, 0.717) is 17.9 Å². The van der Waals surface area contributed by atoms with Gasteiger partial charge in [0.2, 0.25) is 5.91 Å². The largest absolute Gasteiger partial charge is 0.397 e. The van der Waals surface area contributed by atoms with Gasteiger partial charge < -0.3 is 11.1 Å². The lowest BCUT2D eigenvalue weighted by atomic mass is 10.2. The minimum Gasteiger partial charge on any atom is -0.397 e. The van der Waals surface area contributed by atoms with E-state index >= 15 is 0 Å². The normalized spacial score (nSPS) is 9.43. The molecule has 0 aliphatic carbocycles. The molecule has 0 spiro atoms. The van der Waals surface area contributed by atoms with Crippen molar-refractivity contribution >= 4 is 47.7 Å². The van der Waals surface area contributed by atoms with Gasteiger partial charge in [0.1, 0.15) is 0 Å². The van der Waals surface area contributed by atoms with Crippen LogP contribution in [0, 0.1) is 13.8 Å². The lowest BCUT2D eigenvalue weighted by molar-refractivity contribution is -0.120. The predicted octanol–water partition coefficient (Wildman–Crippen LogP) is 2.44. The Morgan fingerprint density at radius 1 is 1.33 bits per heavy atom. The summed E-state index contributed by atoms with van der Waals surface area (Å²) in [5, 5.41) is 3.89. The highest BCUT2D eigenvalue weighted by Crippen LogP contribution is 2.16. The number of nitrogens with two attached hydrogens (primary N) is 1. The number of nitrogens with zero attached hydrogens (tertiary/aromatic N) is 2. The number of hydrogen-bond acceptors (Lipinski definition) is 5. The Hall–Kier alpha value is -1.37. The zero-order chi connectivity index (χ0) is 13.8. The summed E-state index contributed by atoms with van der Waals surface area (Å²) in [6, 6.07) is 3.50. The molecule has 2 heterocycles. The first kappa shape index (κ1) is 19.6. The first-order valence-corrected chi connectivity index (χ1v) is 6.76. The second kappa shape index (κ2) is 8.81. The van der Waals surface area contributed by atoms with Gasteiger partial charge in [0.15, 0.2) is 0 Å². The zero-order valence-electron chi connectivity index (χ0n) is 11.8. The van der Waals surface area contributed by atoms with Crippen LogP contribution in [0.4, 0.5) is 5.69 Å². The summed E-state index contributed by atoms with van der Waals surface area (Å²) >= 11 is 1.61. The lowest BCUT2D eigenvalue weighted by Crippen LogP contribution is -2.24. The van der Waals surface area contributed by atoms with Gasteiger partial charge in [-0.2, -0.15) is 0 Å². The van der Waals surface area contributed by atoms with Crippen LogP contribution in [0.3, 0.4) is 0 Å². The maximum absolute atomic E-state index is 11.8. The van der Waals surface area contributed by atoms with Gasteiger partial charge in [0, 0.05) is 10.6 Å². The van der Waals surface area contributed by atoms with Crippen LogP contribution in [0.5, 0.6) is 0 Å². The maximum Gasteiger partial charge on any atom is 0.226 e. The SMILES string of the molecule is Cc1nc(C)c(CNC(=O)Cc2ccc(N)cn2)s1.Cl.Cl. The molecule has 3 N–H and O–H groups in total. The molecule has 0 bridgehead atoms. The van der Waals surface area contributed by atoms with Crippen LogP contribution in [-0.4, -0.2) is 15.9 Å². The summed E-state index contributed by atoms with van der Waals surface area (Å²) in [7, 11) is 0. The number of anilines is 1. The van der Waals surface area contributed by atoms with Crippen LogP contribution < -0.4 is 11.1 Å². The monoisotopic (exact) mass is 348 g/mol. The Morgan fingerprint density at radius 3 is 2.57 bits per heavy atom. The number of carbonyl (C=O) groups is 1. The van der Waals surface area contributed by atoms with Crippen LogP contribution in [0.25, 0.3) is 0 Å². The van der Waals surface area contributed by atoms with Crippen LogP contribution >= 0.6 is 36.2 Å². The number of aromatic nitrogens is 2. The molecule has 0 aromatic carbocycles. The number of hydrogen-bond donors (Lipinski definition) is 2. The van der Waals surface area contributed by atoms with Crippen molar-refractivity contribution < 1.29 is 4.79 Å². The minimum absolute atomic E-state index is 0. The van der Waals surface area contributed by atoms with Gasteiger partial charge in [-0.05, 0) is 26.0 Å². The second-order valence-electron chi connectivity index (χ2n) is 4.28. The number of rotatable bonds is 4. The molecule has 8 heteroatoms. The highest BCUT2D eigenvalue weighted by atomic mass is 35.5. The highest BCUT2D eigenvalue weighted by molar-refractivity contribution is 7.11. The summed E-state index contributed by atoms with van der Waals surface area (Å²) in [4.78, 5) is 21.3. The van der Waals surface area contributed by atoms with Gasteiger partial charge in [0.05, 0.1) is 35.6 Å². The Labute approximate surface area is 140 Å². The van der Waals surface area contributed by atoms with Crippen LogP contribution in [0.15, 0.2) is 18.3 Å². The molecule has 0 fully saturated rings. The van der Waals surface area contributed by atoms with E-state index in [1.54, 1.807) is 29.7 Å². The van der Waals surface area contributed by atoms with Crippen LogP contribution in [0.2, 0.25) is 0 Å². The average molecular weight is 349 g/mol. The quantitative estimate of drug-likeness (QED) is 0.888. The molecule has 116 valence electrons. The fourth-order valence-electron chi connectivity index (χ4n) is 1.68. The third-order valence-corrected chi connectivity index (χ3v) is 3.71. The summed E-state index contributed by atoms with van der Waals surface area (Å²) in [5.41, 5.74) is 7.83. The summed E-state index contributed by atoms with van der Waals surface area (Å²) in [6.07, 6.45) is 1.82. The smallest absolute Gasteiger partial charge is 0.226 e.